The van der Waals surface area contributed by atoms with Crippen molar-refractivity contribution in [2.45, 2.75) is 17.7 Å². The number of likely N-dealkylation sites (tertiary alicyclic amines) is 1. The van der Waals surface area contributed by atoms with Gasteiger partial charge >= 0.3 is 0 Å². The lowest BCUT2D eigenvalue weighted by atomic mass is 9.82. The van der Waals surface area contributed by atoms with Crippen molar-refractivity contribution in [1.29, 1.82) is 0 Å². The zero-order valence-corrected chi connectivity index (χ0v) is 17.6. The predicted molar refractivity (Wildman–Crippen MR) is 118 cm³/mol. The molecule has 1 aliphatic rings. The molecule has 0 aliphatic carbocycles. The van der Waals surface area contributed by atoms with Gasteiger partial charge in [0.2, 0.25) is 0 Å². The van der Waals surface area contributed by atoms with Crippen LogP contribution in [-0.2, 0) is 14.6 Å². The number of aryl methyl sites for hydroxylation is 1. The summed E-state index contributed by atoms with van der Waals surface area (Å²) in [6.45, 7) is 6.65. The van der Waals surface area contributed by atoms with E-state index < -0.39 is 14.6 Å². The Balaban J connectivity index is 1.81. The molecule has 1 unspecified atom stereocenters. The smallest absolute Gasteiger partial charge is 0.164 e. The molecule has 1 saturated heterocycles. The van der Waals surface area contributed by atoms with Gasteiger partial charge in [0.25, 0.3) is 0 Å². The van der Waals surface area contributed by atoms with E-state index in [1.165, 1.54) is 6.26 Å². The van der Waals surface area contributed by atoms with Crippen LogP contribution in [0.4, 0.5) is 0 Å². The van der Waals surface area contributed by atoms with Crippen LogP contribution < -0.4 is 0 Å². The van der Waals surface area contributed by atoms with Crippen LogP contribution in [0.5, 0.6) is 0 Å². The number of hydrogen-bond acceptors (Lipinski definition) is 3. The first-order valence-corrected chi connectivity index (χ1v) is 11.6. The summed E-state index contributed by atoms with van der Waals surface area (Å²) in [5.74, 6) is 0. The first-order valence-electron chi connectivity index (χ1n) is 9.67. The highest BCUT2D eigenvalue weighted by atomic mass is 32.2. The molecular formula is C25H25NO2S. The van der Waals surface area contributed by atoms with E-state index in [2.05, 4.69) is 35.7 Å². The second-order valence-electron chi connectivity index (χ2n) is 7.77. The van der Waals surface area contributed by atoms with E-state index in [4.69, 9.17) is 0 Å². The van der Waals surface area contributed by atoms with Gasteiger partial charge in [-0.3, -0.25) is 0 Å². The van der Waals surface area contributed by atoms with Crippen LogP contribution in [0.3, 0.4) is 0 Å². The van der Waals surface area contributed by atoms with E-state index in [1.54, 1.807) is 0 Å². The van der Waals surface area contributed by atoms with Crippen molar-refractivity contribution in [1.82, 2.24) is 4.90 Å². The van der Waals surface area contributed by atoms with Gasteiger partial charge in [-0.15, -0.1) is 0 Å². The minimum absolute atomic E-state index is 0.0791. The van der Waals surface area contributed by atoms with Gasteiger partial charge in [0.1, 0.15) is 0 Å². The van der Waals surface area contributed by atoms with Gasteiger partial charge in [0.05, 0.1) is 6.04 Å². The zero-order valence-electron chi connectivity index (χ0n) is 16.7. The molecule has 0 bridgehead atoms. The standard InChI is InChI=1S/C25H25NO2S/c1-19-11-10-16-23(17-19)25(29(3,27)28)18-26(20(25)2)24(21-12-6-4-7-13-21)22-14-8-5-9-15-22/h4-17,24H,2,18H2,1,3H3. The van der Waals surface area contributed by atoms with Crippen molar-refractivity contribution in [3.05, 3.63) is 119 Å². The summed E-state index contributed by atoms with van der Waals surface area (Å²) in [7, 11) is -3.42. The molecule has 3 aromatic rings. The highest BCUT2D eigenvalue weighted by Gasteiger charge is 2.57. The van der Waals surface area contributed by atoms with Crippen molar-refractivity contribution in [2.24, 2.45) is 0 Å². The van der Waals surface area contributed by atoms with Gasteiger partial charge in [-0.2, -0.15) is 0 Å². The first-order chi connectivity index (χ1) is 13.8. The molecule has 0 aromatic heterocycles. The third-order valence-corrected chi connectivity index (χ3v) is 7.73. The van der Waals surface area contributed by atoms with Crippen LogP contribution in [0.1, 0.15) is 28.3 Å². The lowest BCUT2D eigenvalue weighted by Gasteiger charge is -2.55. The van der Waals surface area contributed by atoms with Crippen molar-refractivity contribution in [2.75, 3.05) is 12.8 Å². The molecule has 0 saturated carbocycles. The van der Waals surface area contributed by atoms with Crippen molar-refractivity contribution in [3.63, 3.8) is 0 Å². The summed E-state index contributed by atoms with van der Waals surface area (Å²) in [6.07, 6.45) is 1.32. The molecule has 1 heterocycles. The second kappa shape index (κ2) is 7.20. The lowest BCUT2D eigenvalue weighted by Crippen LogP contribution is -2.61. The third-order valence-electron chi connectivity index (χ3n) is 5.87. The average Bonchev–Trinajstić information content (AvgIpc) is 2.70. The number of hydrogen-bond donors (Lipinski definition) is 0. The Morgan fingerprint density at radius 3 is 1.90 bits per heavy atom. The summed E-state index contributed by atoms with van der Waals surface area (Å²) in [6, 6.07) is 28.0. The Morgan fingerprint density at radius 1 is 0.897 bits per heavy atom. The van der Waals surface area contributed by atoms with Crippen molar-refractivity contribution >= 4 is 9.84 Å². The van der Waals surface area contributed by atoms with Crippen LogP contribution in [0, 0.1) is 6.92 Å². The quantitative estimate of drug-likeness (QED) is 0.611. The molecule has 29 heavy (non-hydrogen) atoms. The number of sulfone groups is 1. The average molecular weight is 404 g/mol. The summed E-state index contributed by atoms with van der Waals surface area (Å²) in [4.78, 5) is 2.12. The van der Waals surface area contributed by atoms with E-state index in [0.29, 0.717) is 12.2 Å². The van der Waals surface area contributed by atoms with Crippen LogP contribution >= 0.6 is 0 Å². The molecule has 148 valence electrons. The van der Waals surface area contributed by atoms with E-state index in [1.807, 2.05) is 67.6 Å². The van der Waals surface area contributed by atoms with Gasteiger partial charge in [-0.05, 0) is 23.6 Å². The molecule has 4 rings (SSSR count). The SMILES string of the molecule is C=C1N(C(c2ccccc2)c2ccccc2)CC1(c1cccc(C)c1)S(C)(=O)=O. The van der Waals surface area contributed by atoms with Crippen LogP contribution in [0.15, 0.2) is 97.2 Å². The van der Waals surface area contributed by atoms with Crippen molar-refractivity contribution < 1.29 is 8.42 Å². The highest BCUT2D eigenvalue weighted by molar-refractivity contribution is 7.92. The number of nitrogens with zero attached hydrogens (tertiary/aromatic N) is 1. The van der Waals surface area contributed by atoms with Gasteiger partial charge in [0, 0.05) is 18.5 Å². The molecule has 3 nitrogen and oxygen atoms in total. The summed E-state index contributed by atoms with van der Waals surface area (Å²) >= 11 is 0. The number of rotatable bonds is 5. The minimum atomic E-state index is -3.42. The third kappa shape index (κ3) is 3.18. The van der Waals surface area contributed by atoms with E-state index in [0.717, 1.165) is 22.3 Å². The topological polar surface area (TPSA) is 37.4 Å². The van der Waals surface area contributed by atoms with Gasteiger partial charge < -0.3 is 4.90 Å². The normalized spacial score (nSPS) is 19.3. The Labute approximate surface area is 173 Å². The number of benzene rings is 3. The maximum Gasteiger partial charge on any atom is 0.164 e. The maximum atomic E-state index is 13.0. The molecule has 1 aliphatic heterocycles. The lowest BCUT2D eigenvalue weighted by molar-refractivity contribution is 0.158. The first kappa shape index (κ1) is 19.5. The molecule has 1 atom stereocenters. The molecule has 4 heteroatoms. The Hall–Kier alpha value is -2.85. The fraction of sp³-hybridized carbons (Fsp3) is 0.200. The summed E-state index contributed by atoms with van der Waals surface area (Å²) < 4.78 is 24.9. The zero-order chi connectivity index (χ0) is 20.6. The largest absolute Gasteiger partial charge is 0.360 e. The van der Waals surface area contributed by atoms with Crippen LogP contribution in [0.2, 0.25) is 0 Å². The molecule has 0 radical (unpaired) electrons. The Bertz CT molecular complexity index is 1100. The highest BCUT2D eigenvalue weighted by Crippen LogP contribution is 2.52. The Kier molecular flexibility index (Phi) is 4.83. The molecular weight excluding hydrogens is 378 g/mol. The fourth-order valence-electron chi connectivity index (χ4n) is 4.34. The molecule has 0 N–H and O–H groups in total. The maximum absolute atomic E-state index is 13.0. The van der Waals surface area contributed by atoms with E-state index in [-0.39, 0.29) is 6.04 Å². The molecule has 0 amide bonds. The predicted octanol–water partition coefficient (Wildman–Crippen LogP) is 4.85. The second-order valence-corrected chi connectivity index (χ2v) is 10.0. The summed E-state index contributed by atoms with van der Waals surface area (Å²) in [5, 5.41) is 0. The molecule has 0 spiro atoms. The molecule has 1 fully saturated rings. The van der Waals surface area contributed by atoms with Gasteiger partial charge in [-0.1, -0.05) is 97.1 Å². The fourth-order valence-corrected chi connectivity index (χ4v) is 5.81. The molecule has 3 aromatic carbocycles. The Morgan fingerprint density at radius 2 is 1.45 bits per heavy atom. The van der Waals surface area contributed by atoms with E-state index in [9.17, 15) is 8.42 Å². The van der Waals surface area contributed by atoms with Gasteiger partial charge in [-0.25, -0.2) is 8.42 Å². The van der Waals surface area contributed by atoms with E-state index >= 15 is 0 Å². The van der Waals surface area contributed by atoms with Gasteiger partial charge in [0.15, 0.2) is 14.6 Å². The minimum Gasteiger partial charge on any atom is -0.360 e. The van der Waals surface area contributed by atoms with Crippen LogP contribution in [-0.4, -0.2) is 26.1 Å². The summed E-state index contributed by atoms with van der Waals surface area (Å²) in [5.41, 5.74) is 4.70. The van der Waals surface area contributed by atoms with Crippen molar-refractivity contribution in [3.8, 4) is 0 Å². The van der Waals surface area contributed by atoms with Crippen LogP contribution in [0.25, 0.3) is 0 Å². The monoisotopic (exact) mass is 403 g/mol.